The Morgan fingerprint density at radius 3 is 1.42 bits per heavy atom. The van der Waals surface area contributed by atoms with Gasteiger partial charge in [0.2, 0.25) is 0 Å². The highest BCUT2D eigenvalue weighted by Gasteiger charge is 2.40. The molecule has 6 aromatic rings. The van der Waals surface area contributed by atoms with Crippen molar-refractivity contribution in [1.29, 1.82) is 0 Å². The van der Waals surface area contributed by atoms with Crippen molar-refractivity contribution < 1.29 is 14.3 Å². The number of esters is 2. The van der Waals surface area contributed by atoms with Crippen LogP contribution in [0, 0.1) is 0 Å². The molecule has 4 aromatic heterocycles. The van der Waals surface area contributed by atoms with Crippen LogP contribution in [0.3, 0.4) is 0 Å². The summed E-state index contributed by atoms with van der Waals surface area (Å²) in [5.74, 6) is -0.966. The van der Waals surface area contributed by atoms with Crippen LogP contribution in [0.4, 0.5) is 21.4 Å². The Bertz CT molecular complexity index is 2110. The first kappa shape index (κ1) is 39.1. The van der Waals surface area contributed by atoms with Gasteiger partial charge in [-0.05, 0) is 61.1 Å². The van der Waals surface area contributed by atoms with Crippen LogP contribution in [0.25, 0.3) is 21.8 Å². The molecule has 0 radical (unpaired) electrons. The fourth-order valence-electron chi connectivity index (χ4n) is 9.11. The number of benzene rings is 2. The van der Waals surface area contributed by atoms with Crippen molar-refractivity contribution in [2.45, 2.75) is 101 Å². The molecule has 2 atom stereocenters. The third kappa shape index (κ3) is 8.46. The van der Waals surface area contributed by atoms with Gasteiger partial charge in [0, 0.05) is 109 Å². The molecule has 2 aromatic carbocycles. The number of anilines is 4. The minimum atomic E-state index is -0.705. The predicted octanol–water partition coefficient (Wildman–Crippen LogP) is 10.2. The minimum absolute atomic E-state index is 0.154. The zero-order valence-corrected chi connectivity index (χ0v) is 35.3. The van der Waals surface area contributed by atoms with Crippen molar-refractivity contribution in [3.05, 3.63) is 94.9 Å². The molecule has 2 saturated carbocycles. The van der Waals surface area contributed by atoms with Gasteiger partial charge in [-0.2, -0.15) is 0 Å². The number of rotatable bonds is 14. The number of ether oxygens (including phenoxy) is 1. The van der Waals surface area contributed by atoms with E-state index in [-0.39, 0.29) is 12.1 Å². The highest BCUT2D eigenvalue weighted by atomic mass is 32.1. The van der Waals surface area contributed by atoms with Crippen molar-refractivity contribution in [3.63, 3.8) is 0 Å². The van der Waals surface area contributed by atoms with E-state index in [1.54, 1.807) is 22.7 Å². The first-order chi connectivity index (χ1) is 27.7. The molecule has 2 fully saturated rings. The van der Waals surface area contributed by atoms with Crippen LogP contribution in [0.5, 0.6) is 0 Å². The minimum Gasteiger partial charge on any atom is -0.390 e. The Kier molecular flexibility index (Phi) is 11.9. The number of fused-ring (bicyclic) bond motifs is 2. The molecule has 2 aliphatic rings. The number of thiophene rings is 2. The number of hydrogen-bond donors (Lipinski definition) is 2. The van der Waals surface area contributed by atoms with Gasteiger partial charge in [0.05, 0.1) is 10.0 Å². The van der Waals surface area contributed by atoms with Crippen molar-refractivity contribution in [2.24, 2.45) is 0 Å². The number of hydrogen-bond acceptors (Lipinski definition) is 9. The second kappa shape index (κ2) is 17.4. The van der Waals surface area contributed by atoms with E-state index in [1.165, 1.54) is 12.8 Å². The van der Waals surface area contributed by atoms with Crippen LogP contribution in [0.1, 0.15) is 75.3 Å². The lowest BCUT2D eigenvalue weighted by Crippen LogP contribution is -2.53. The molecule has 11 heteroatoms. The Hall–Kier alpha value is -4.74. The van der Waals surface area contributed by atoms with Crippen LogP contribution in [-0.4, -0.2) is 74.3 Å². The highest BCUT2D eigenvalue weighted by molar-refractivity contribution is 7.15. The lowest BCUT2D eigenvalue weighted by molar-refractivity contribution is -0.161. The number of carbonyl (C=O) groups excluding carboxylic acids is 2. The smallest absolute Gasteiger partial charge is 0.336 e. The second-order valence-electron chi connectivity index (χ2n) is 16.4. The highest BCUT2D eigenvalue weighted by Crippen LogP contribution is 2.40. The molecule has 9 nitrogen and oxygen atoms in total. The summed E-state index contributed by atoms with van der Waals surface area (Å²) in [6.45, 7) is 0. The topological polar surface area (TPSA) is 87.9 Å². The van der Waals surface area contributed by atoms with E-state index in [0.29, 0.717) is 12.8 Å². The molecule has 0 saturated heterocycles. The SMILES string of the molecule is CN(C)c1csc(N(C2CCCCC2)C(Cc2c[nH]c3ccccc23)C(=O)OC(=O)C(Cc2c[nH]c3ccccc23)N(c2cc(N(C)C)cs2)C2CCCCC2)c1. The zero-order chi connectivity index (χ0) is 39.5. The number of aromatic amines is 2. The normalized spacial score (nSPS) is 16.4. The third-order valence-corrected chi connectivity index (χ3v) is 14.1. The first-order valence-electron chi connectivity index (χ1n) is 20.7. The molecule has 8 rings (SSSR count). The van der Waals surface area contributed by atoms with Crippen molar-refractivity contribution in [1.82, 2.24) is 9.97 Å². The van der Waals surface area contributed by atoms with Crippen LogP contribution >= 0.6 is 22.7 Å². The summed E-state index contributed by atoms with van der Waals surface area (Å²) in [4.78, 5) is 46.2. The van der Waals surface area contributed by atoms with Crippen LogP contribution in [0.15, 0.2) is 83.8 Å². The first-order valence-corrected chi connectivity index (χ1v) is 22.4. The average molecular weight is 805 g/mol. The maximum absolute atomic E-state index is 15.2. The van der Waals surface area contributed by atoms with Gasteiger partial charge in [-0.3, -0.25) is 0 Å². The fourth-order valence-corrected chi connectivity index (χ4v) is 11.3. The average Bonchev–Trinajstić information content (AvgIpc) is 4.06. The van der Waals surface area contributed by atoms with E-state index < -0.39 is 24.0 Å². The molecule has 0 aliphatic heterocycles. The molecule has 0 spiro atoms. The molecule has 300 valence electrons. The lowest BCUT2D eigenvalue weighted by atomic mass is 9.91. The summed E-state index contributed by atoms with van der Waals surface area (Å²) in [5.41, 5.74) is 6.34. The third-order valence-electron chi connectivity index (χ3n) is 12.2. The molecule has 57 heavy (non-hydrogen) atoms. The summed E-state index contributed by atoms with van der Waals surface area (Å²) in [6.07, 6.45) is 15.7. The second-order valence-corrected chi connectivity index (χ2v) is 18.2. The molecule has 2 unspecified atom stereocenters. The van der Waals surface area contributed by atoms with Gasteiger partial charge in [-0.15, -0.1) is 22.7 Å². The van der Waals surface area contributed by atoms with E-state index in [9.17, 15) is 0 Å². The van der Waals surface area contributed by atoms with E-state index in [1.807, 2.05) is 64.8 Å². The lowest BCUT2D eigenvalue weighted by Gasteiger charge is -2.41. The van der Waals surface area contributed by atoms with Crippen molar-refractivity contribution in [2.75, 3.05) is 47.8 Å². The molecule has 0 bridgehead atoms. The van der Waals surface area contributed by atoms with Gasteiger partial charge in [-0.1, -0.05) is 74.9 Å². The Labute approximate surface area is 344 Å². The number of aromatic nitrogens is 2. The number of H-pyrrole nitrogens is 2. The number of nitrogens with one attached hydrogen (secondary N) is 2. The summed E-state index contributed by atoms with van der Waals surface area (Å²) in [7, 11) is 8.20. The summed E-state index contributed by atoms with van der Waals surface area (Å²) in [5, 5.41) is 8.56. The fraction of sp³-hybridized carbons (Fsp3) is 0.435. The van der Waals surface area contributed by atoms with Gasteiger partial charge >= 0.3 is 11.9 Å². The molecular formula is C46H56N6O3S2. The largest absolute Gasteiger partial charge is 0.390 e. The monoisotopic (exact) mass is 804 g/mol. The van der Waals surface area contributed by atoms with Crippen molar-refractivity contribution in [3.8, 4) is 0 Å². The van der Waals surface area contributed by atoms with Crippen molar-refractivity contribution >= 4 is 77.8 Å². The summed E-state index contributed by atoms with van der Waals surface area (Å²) < 4.78 is 6.40. The molecule has 0 amide bonds. The maximum atomic E-state index is 15.2. The van der Waals surface area contributed by atoms with E-state index >= 15 is 9.59 Å². The zero-order valence-electron chi connectivity index (χ0n) is 33.7. The summed E-state index contributed by atoms with van der Waals surface area (Å²) in [6, 6.07) is 19.8. The van der Waals surface area contributed by atoms with E-state index in [4.69, 9.17) is 4.74 Å². The van der Waals surface area contributed by atoms with Crippen LogP contribution < -0.4 is 19.6 Å². The van der Waals surface area contributed by atoms with Crippen LogP contribution in [0.2, 0.25) is 0 Å². The van der Waals surface area contributed by atoms with Gasteiger partial charge in [0.15, 0.2) is 0 Å². The Balaban J connectivity index is 1.20. The van der Waals surface area contributed by atoms with Gasteiger partial charge < -0.3 is 34.3 Å². The number of nitrogens with zero attached hydrogens (tertiary/aromatic N) is 4. The van der Waals surface area contributed by atoms with Gasteiger partial charge in [0.25, 0.3) is 0 Å². The predicted molar refractivity (Wildman–Crippen MR) is 239 cm³/mol. The number of para-hydroxylation sites is 2. The van der Waals surface area contributed by atoms with Gasteiger partial charge in [0.1, 0.15) is 12.1 Å². The molecule has 2 aliphatic carbocycles. The summed E-state index contributed by atoms with van der Waals surface area (Å²) >= 11 is 3.33. The molecule has 4 heterocycles. The Morgan fingerprint density at radius 2 is 1.04 bits per heavy atom. The van der Waals surface area contributed by atoms with E-state index in [0.717, 1.165) is 106 Å². The van der Waals surface area contributed by atoms with E-state index in [2.05, 4.69) is 76.7 Å². The van der Waals surface area contributed by atoms with Gasteiger partial charge in [-0.25, -0.2) is 9.59 Å². The molecular weight excluding hydrogens is 749 g/mol. The van der Waals surface area contributed by atoms with Crippen LogP contribution in [-0.2, 0) is 27.2 Å². The standard InChI is InChI=1S/C46H56N6O3S2/c1-49(2)35-25-43(56-29-35)51(33-15-7-5-8-16-33)41(23-31-27-47-39-21-13-11-19-37(31)39)45(53)55-46(54)42(24-32-28-48-40-22-14-12-20-38(32)40)52(34-17-9-6-10-18-34)44-26-36(30-57-44)50(3)4/h11-14,19-22,25-30,33-34,41-42,47-48H,5-10,15-18,23-24H2,1-4H3. The quantitative estimate of drug-likeness (QED) is 0.0838. The molecule has 2 N–H and O–H groups in total. The number of carbonyl (C=O) groups is 2. The maximum Gasteiger partial charge on any atom is 0.336 e. The Morgan fingerprint density at radius 1 is 0.632 bits per heavy atom.